The smallest absolute Gasteiger partial charge is 0.135 e. The molecule has 0 aliphatic heterocycles. The predicted octanol–water partition coefficient (Wildman–Crippen LogP) is 3.80. The van der Waals surface area contributed by atoms with Crippen molar-refractivity contribution in [2.45, 2.75) is 46.6 Å². The van der Waals surface area contributed by atoms with Crippen LogP contribution in [0.3, 0.4) is 0 Å². The van der Waals surface area contributed by atoms with E-state index >= 15 is 0 Å². The van der Waals surface area contributed by atoms with Crippen LogP contribution in [0.25, 0.3) is 0 Å². The van der Waals surface area contributed by atoms with Gasteiger partial charge in [-0.05, 0) is 13.3 Å². The first-order valence-electron chi connectivity index (χ1n) is 7.36. The van der Waals surface area contributed by atoms with Crippen LogP contribution in [0.5, 0.6) is 0 Å². The van der Waals surface area contributed by atoms with Gasteiger partial charge in [0.25, 0.3) is 0 Å². The van der Waals surface area contributed by atoms with Crippen LogP contribution in [0.4, 0.5) is 11.6 Å². The van der Waals surface area contributed by atoms with Gasteiger partial charge >= 0.3 is 0 Å². The van der Waals surface area contributed by atoms with Gasteiger partial charge in [-0.15, -0.1) is 11.3 Å². The number of nitrogens with zero attached hydrogens (tertiary/aromatic N) is 3. The third-order valence-electron chi connectivity index (χ3n) is 3.11. The van der Waals surface area contributed by atoms with Crippen molar-refractivity contribution in [3.63, 3.8) is 0 Å². The highest BCUT2D eigenvalue weighted by atomic mass is 32.1. The van der Waals surface area contributed by atoms with Crippen molar-refractivity contribution in [1.82, 2.24) is 15.0 Å². The van der Waals surface area contributed by atoms with E-state index in [2.05, 4.69) is 46.4 Å². The summed E-state index contributed by atoms with van der Waals surface area (Å²) in [5.74, 6) is 2.98. The number of anilines is 2. The molecular weight excluding hydrogens is 282 g/mol. The zero-order valence-corrected chi connectivity index (χ0v) is 13.9. The molecular formula is C15H23N5S. The Morgan fingerprint density at radius 3 is 2.48 bits per heavy atom. The van der Waals surface area contributed by atoms with Gasteiger partial charge in [0.15, 0.2) is 0 Å². The Bertz CT molecular complexity index is 566. The second kappa shape index (κ2) is 7.36. The molecule has 21 heavy (non-hydrogen) atoms. The largest absolute Gasteiger partial charge is 0.370 e. The topological polar surface area (TPSA) is 62.7 Å². The molecule has 2 aromatic rings. The third-order valence-corrected chi connectivity index (χ3v) is 3.89. The summed E-state index contributed by atoms with van der Waals surface area (Å²) in [5.41, 5.74) is 1.06. The third kappa shape index (κ3) is 4.14. The van der Waals surface area contributed by atoms with Crippen molar-refractivity contribution in [2.24, 2.45) is 0 Å². The Morgan fingerprint density at radius 1 is 1.19 bits per heavy atom. The van der Waals surface area contributed by atoms with E-state index < -0.39 is 0 Å². The van der Waals surface area contributed by atoms with Crippen molar-refractivity contribution >= 4 is 23.0 Å². The van der Waals surface area contributed by atoms with Crippen LogP contribution >= 0.6 is 11.3 Å². The lowest BCUT2D eigenvalue weighted by atomic mass is 10.2. The average Bonchev–Trinajstić information content (AvgIpc) is 2.98. The van der Waals surface area contributed by atoms with Crippen LogP contribution in [0, 0.1) is 6.92 Å². The molecule has 0 aromatic carbocycles. The van der Waals surface area contributed by atoms with E-state index in [1.807, 2.05) is 18.5 Å². The Balaban J connectivity index is 2.22. The van der Waals surface area contributed by atoms with Gasteiger partial charge in [0.1, 0.15) is 22.5 Å². The minimum atomic E-state index is 0.299. The summed E-state index contributed by atoms with van der Waals surface area (Å²) in [4.78, 5) is 13.6. The maximum atomic E-state index is 4.65. The van der Waals surface area contributed by atoms with E-state index in [0.29, 0.717) is 12.5 Å². The Hall–Kier alpha value is -1.69. The first kappa shape index (κ1) is 15.7. The number of thiazole rings is 1. The molecule has 0 unspecified atom stereocenters. The molecule has 0 saturated heterocycles. The Kier molecular flexibility index (Phi) is 5.50. The van der Waals surface area contributed by atoms with E-state index in [4.69, 9.17) is 0 Å². The van der Waals surface area contributed by atoms with Crippen LogP contribution in [0.2, 0.25) is 0 Å². The van der Waals surface area contributed by atoms with E-state index in [9.17, 15) is 0 Å². The molecule has 0 atom stereocenters. The molecule has 0 fully saturated rings. The standard InChI is InChI=1S/C15H23N5S/c1-5-6-17-14-11(4)15(20-13(19-14)10(2)3)18-9-12-16-7-8-21-12/h7-8,10H,5-6,9H2,1-4H3,(H2,17,18,19,20). The highest BCUT2D eigenvalue weighted by Gasteiger charge is 2.13. The van der Waals surface area contributed by atoms with Gasteiger partial charge in [0.2, 0.25) is 0 Å². The van der Waals surface area contributed by atoms with Gasteiger partial charge in [-0.2, -0.15) is 0 Å². The predicted molar refractivity (Wildman–Crippen MR) is 89.1 cm³/mol. The van der Waals surface area contributed by atoms with Crippen molar-refractivity contribution in [2.75, 3.05) is 17.2 Å². The molecule has 0 bridgehead atoms. The quantitative estimate of drug-likeness (QED) is 0.814. The first-order chi connectivity index (χ1) is 10.1. The van der Waals surface area contributed by atoms with Crippen molar-refractivity contribution in [3.8, 4) is 0 Å². The monoisotopic (exact) mass is 305 g/mol. The van der Waals surface area contributed by atoms with Crippen LogP contribution in [0.1, 0.15) is 49.5 Å². The highest BCUT2D eigenvalue weighted by Crippen LogP contribution is 2.23. The molecule has 2 N–H and O–H groups in total. The van der Waals surface area contributed by atoms with E-state index in [1.165, 1.54) is 0 Å². The van der Waals surface area contributed by atoms with Gasteiger partial charge in [-0.25, -0.2) is 15.0 Å². The lowest BCUT2D eigenvalue weighted by Crippen LogP contribution is -2.12. The summed E-state index contributed by atoms with van der Waals surface area (Å²) < 4.78 is 0. The Labute approximate surface area is 130 Å². The zero-order valence-electron chi connectivity index (χ0n) is 13.1. The molecule has 0 spiro atoms. The van der Waals surface area contributed by atoms with Crippen molar-refractivity contribution in [1.29, 1.82) is 0 Å². The summed E-state index contributed by atoms with van der Waals surface area (Å²) in [5, 5.41) is 9.81. The number of hydrogen-bond donors (Lipinski definition) is 2. The van der Waals surface area contributed by atoms with Gasteiger partial charge < -0.3 is 10.6 Å². The maximum Gasteiger partial charge on any atom is 0.135 e. The molecule has 2 aromatic heterocycles. The van der Waals surface area contributed by atoms with E-state index in [0.717, 1.165) is 41.0 Å². The van der Waals surface area contributed by atoms with Gasteiger partial charge in [-0.3, -0.25) is 0 Å². The SMILES string of the molecule is CCCNc1nc(C(C)C)nc(NCc2nccs2)c1C. The van der Waals surface area contributed by atoms with Crippen molar-refractivity contribution < 1.29 is 0 Å². The summed E-state index contributed by atoms with van der Waals surface area (Å²) in [6.07, 6.45) is 2.89. The molecule has 6 heteroatoms. The Morgan fingerprint density at radius 2 is 1.90 bits per heavy atom. The minimum absolute atomic E-state index is 0.299. The number of rotatable bonds is 7. The molecule has 0 aliphatic carbocycles. The highest BCUT2D eigenvalue weighted by molar-refractivity contribution is 7.09. The van der Waals surface area contributed by atoms with Crippen LogP contribution in [-0.4, -0.2) is 21.5 Å². The average molecular weight is 305 g/mol. The maximum absolute atomic E-state index is 4.65. The molecule has 5 nitrogen and oxygen atoms in total. The molecule has 0 radical (unpaired) electrons. The summed E-state index contributed by atoms with van der Waals surface area (Å²) in [7, 11) is 0. The second-order valence-corrected chi connectivity index (χ2v) is 6.24. The van der Waals surface area contributed by atoms with E-state index in [1.54, 1.807) is 11.3 Å². The molecule has 2 heterocycles. The van der Waals surface area contributed by atoms with Gasteiger partial charge in [-0.1, -0.05) is 20.8 Å². The fourth-order valence-electron chi connectivity index (χ4n) is 1.88. The lowest BCUT2D eigenvalue weighted by Gasteiger charge is -2.15. The van der Waals surface area contributed by atoms with E-state index in [-0.39, 0.29) is 0 Å². The first-order valence-corrected chi connectivity index (χ1v) is 8.24. The summed E-state index contributed by atoms with van der Waals surface area (Å²) >= 11 is 1.64. The van der Waals surface area contributed by atoms with Gasteiger partial charge in [0, 0.05) is 29.6 Å². The van der Waals surface area contributed by atoms with Gasteiger partial charge in [0.05, 0.1) is 6.54 Å². The summed E-state index contributed by atoms with van der Waals surface area (Å²) in [6.45, 7) is 10.0. The van der Waals surface area contributed by atoms with Crippen molar-refractivity contribution in [3.05, 3.63) is 28.0 Å². The molecule has 114 valence electrons. The lowest BCUT2D eigenvalue weighted by molar-refractivity contribution is 0.770. The molecule has 0 saturated carbocycles. The minimum Gasteiger partial charge on any atom is -0.370 e. The van der Waals surface area contributed by atoms with Crippen LogP contribution < -0.4 is 10.6 Å². The van der Waals surface area contributed by atoms with Crippen LogP contribution in [0.15, 0.2) is 11.6 Å². The van der Waals surface area contributed by atoms with Crippen LogP contribution in [-0.2, 0) is 6.54 Å². The molecule has 0 amide bonds. The normalized spacial score (nSPS) is 10.9. The zero-order chi connectivity index (χ0) is 15.2. The molecule has 0 aliphatic rings. The molecule has 2 rings (SSSR count). The number of aromatic nitrogens is 3. The second-order valence-electron chi connectivity index (χ2n) is 5.26. The number of hydrogen-bond acceptors (Lipinski definition) is 6. The fourth-order valence-corrected chi connectivity index (χ4v) is 2.44. The summed E-state index contributed by atoms with van der Waals surface area (Å²) in [6, 6.07) is 0. The number of nitrogens with one attached hydrogen (secondary N) is 2. The fraction of sp³-hybridized carbons (Fsp3) is 0.533.